The van der Waals surface area contributed by atoms with E-state index in [1.165, 1.54) is 5.56 Å². The van der Waals surface area contributed by atoms with Crippen molar-refractivity contribution in [3.63, 3.8) is 0 Å². The Labute approximate surface area is 123 Å². The Kier molecular flexibility index (Phi) is 3.64. The fraction of sp³-hybridized carbons (Fsp3) is 0.312. The molecule has 104 valence electrons. The number of fused-ring (bicyclic) bond motifs is 1. The predicted molar refractivity (Wildman–Crippen MR) is 78.3 cm³/mol. The Morgan fingerprint density at radius 3 is 3.00 bits per heavy atom. The second-order valence-corrected chi connectivity index (χ2v) is 5.40. The summed E-state index contributed by atoms with van der Waals surface area (Å²) in [7, 11) is 1.59. The van der Waals surface area contributed by atoms with E-state index in [0.717, 1.165) is 18.5 Å². The van der Waals surface area contributed by atoms with Gasteiger partial charge >= 0.3 is 0 Å². The molecule has 0 bridgehead atoms. The molecule has 3 nitrogen and oxygen atoms in total. The Hall–Kier alpha value is -1.58. The van der Waals surface area contributed by atoms with Crippen LogP contribution in [0.2, 0.25) is 5.02 Å². The Morgan fingerprint density at radius 1 is 1.35 bits per heavy atom. The van der Waals surface area contributed by atoms with Crippen molar-refractivity contribution in [3.05, 3.63) is 58.4 Å². The van der Waals surface area contributed by atoms with Crippen LogP contribution in [-0.2, 0) is 6.42 Å². The molecule has 1 N–H and O–H groups in total. The summed E-state index contributed by atoms with van der Waals surface area (Å²) in [4.78, 5) is 4.43. The van der Waals surface area contributed by atoms with E-state index in [1.54, 1.807) is 19.4 Å². The highest BCUT2D eigenvalue weighted by atomic mass is 35.5. The normalized spacial score (nSPS) is 18.6. The molecule has 0 spiro atoms. The van der Waals surface area contributed by atoms with Crippen molar-refractivity contribution in [2.24, 2.45) is 0 Å². The highest BCUT2D eigenvalue weighted by Crippen LogP contribution is 2.44. The number of pyridine rings is 1. The molecule has 20 heavy (non-hydrogen) atoms. The number of ether oxygens (including phenoxy) is 1. The molecule has 2 atom stereocenters. The fourth-order valence-corrected chi connectivity index (χ4v) is 3.21. The number of aliphatic hydroxyl groups is 1. The van der Waals surface area contributed by atoms with Gasteiger partial charge in [0.1, 0.15) is 5.75 Å². The van der Waals surface area contributed by atoms with Crippen LogP contribution in [-0.4, -0.2) is 17.2 Å². The van der Waals surface area contributed by atoms with Crippen molar-refractivity contribution < 1.29 is 9.84 Å². The lowest BCUT2D eigenvalue weighted by Gasteiger charge is -2.22. The number of aryl methyl sites for hydroxylation is 1. The van der Waals surface area contributed by atoms with E-state index in [-0.39, 0.29) is 5.92 Å². The SMILES string of the molecule is COc1cccc(Cl)c1C(O)C1CCc2cccnc21. The predicted octanol–water partition coefficient (Wildman–Crippen LogP) is 3.51. The number of nitrogens with zero attached hydrogens (tertiary/aromatic N) is 1. The van der Waals surface area contributed by atoms with Crippen LogP contribution in [0.5, 0.6) is 5.75 Å². The Bertz CT molecular complexity index is 630. The van der Waals surface area contributed by atoms with Crippen molar-refractivity contribution in [2.45, 2.75) is 24.9 Å². The maximum atomic E-state index is 10.8. The minimum Gasteiger partial charge on any atom is -0.496 e. The van der Waals surface area contributed by atoms with Gasteiger partial charge in [-0.2, -0.15) is 0 Å². The van der Waals surface area contributed by atoms with Gasteiger partial charge in [-0.25, -0.2) is 0 Å². The summed E-state index contributed by atoms with van der Waals surface area (Å²) in [5.41, 5.74) is 2.84. The van der Waals surface area contributed by atoms with Gasteiger partial charge in [-0.05, 0) is 36.6 Å². The summed E-state index contributed by atoms with van der Waals surface area (Å²) < 4.78 is 5.33. The molecule has 1 aliphatic rings. The van der Waals surface area contributed by atoms with Gasteiger partial charge in [-0.15, -0.1) is 0 Å². The first-order valence-electron chi connectivity index (χ1n) is 6.66. The van der Waals surface area contributed by atoms with E-state index in [2.05, 4.69) is 11.1 Å². The monoisotopic (exact) mass is 289 g/mol. The topological polar surface area (TPSA) is 42.4 Å². The number of halogens is 1. The first-order valence-corrected chi connectivity index (χ1v) is 7.04. The zero-order valence-corrected chi connectivity index (χ0v) is 12.0. The van der Waals surface area contributed by atoms with E-state index >= 15 is 0 Å². The summed E-state index contributed by atoms with van der Waals surface area (Å²) in [6.07, 6.45) is 2.89. The van der Waals surface area contributed by atoms with E-state index in [0.29, 0.717) is 16.3 Å². The second kappa shape index (κ2) is 5.43. The second-order valence-electron chi connectivity index (χ2n) is 4.99. The number of methoxy groups -OCH3 is 1. The molecule has 1 aromatic heterocycles. The third-order valence-electron chi connectivity index (χ3n) is 3.91. The zero-order chi connectivity index (χ0) is 14.1. The van der Waals surface area contributed by atoms with Crippen molar-refractivity contribution in [1.29, 1.82) is 0 Å². The van der Waals surface area contributed by atoms with Gasteiger partial charge in [0.15, 0.2) is 0 Å². The van der Waals surface area contributed by atoms with Gasteiger partial charge in [0.2, 0.25) is 0 Å². The standard InChI is InChI=1S/C16H16ClNO2/c1-20-13-6-2-5-12(17)14(13)16(19)11-8-7-10-4-3-9-18-15(10)11/h2-6,9,11,16,19H,7-8H2,1H3. The summed E-state index contributed by atoms with van der Waals surface area (Å²) in [5, 5.41) is 11.3. The van der Waals surface area contributed by atoms with Crippen molar-refractivity contribution >= 4 is 11.6 Å². The fourth-order valence-electron chi connectivity index (χ4n) is 2.93. The number of hydrogen-bond acceptors (Lipinski definition) is 3. The van der Waals surface area contributed by atoms with Crippen molar-refractivity contribution in [3.8, 4) is 5.75 Å². The molecule has 1 aromatic carbocycles. The molecule has 0 aliphatic heterocycles. The first-order chi connectivity index (χ1) is 9.72. The quantitative estimate of drug-likeness (QED) is 0.940. The molecule has 1 aliphatic carbocycles. The van der Waals surface area contributed by atoms with Crippen LogP contribution in [0.15, 0.2) is 36.5 Å². The maximum absolute atomic E-state index is 10.8. The number of aliphatic hydroxyl groups excluding tert-OH is 1. The third-order valence-corrected chi connectivity index (χ3v) is 4.24. The Morgan fingerprint density at radius 2 is 2.20 bits per heavy atom. The number of rotatable bonds is 3. The smallest absolute Gasteiger partial charge is 0.126 e. The zero-order valence-electron chi connectivity index (χ0n) is 11.2. The molecular weight excluding hydrogens is 274 g/mol. The van der Waals surface area contributed by atoms with Gasteiger partial charge in [0, 0.05) is 23.4 Å². The summed E-state index contributed by atoms with van der Waals surface area (Å²) in [6, 6.07) is 9.41. The lowest BCUT2D eigenvalue weighted by molar-refractivity contribution is 0.140. The lowest BCUT2D eigenvalue weighted by atomic mass is 9.93. The van der Waals surface area contributed by atoms with Gasteiger partial charge < -0.3 is 9.84 Å². The number of benzene rings is 1. The maximum Gasteiger partial charge on any atom is 0.126 e. The van der Waals surface area contributed by atoms with E-state index in [4.69, 9.17) is 16.3 Å². The van der Waals surface area contributed by atoms with E-state index in [9.17, 15) is 5.11 Å². The molecule has 2 aromatic rings. The van der Waals surface area contributed by atoms with E-state index in [1.807, 2.05) is 18.2 Å². The van der Waals surface area contributed by atoms with Crippen LogP contribution >= 0.6 is 11.6 Å². The molecule has 4 heteroatoms. The van der Waals surface area contributed by atoms with E-state index < -0.39 is 6.10 Å². The largest absolute Gasteiger partial charge is 0.496 e. The average molecular weight is 290 g/mol. The first kappa shape index (κ1) is 13.4. The molecule has 0 radical (unpaired) electrons. The van der Waals surface area contributed by atoms with Crippen LogP contribution in [0.1, 0.15) is 35.3 Å². The lowest BCUT2D eigenvalue weighted by Crippen LogP contribution is -2.11. The molecule has 0 amide bonds. The third kappa shape index (κ3) is 2.17. The minimum atomic E-state index is -0.699. The van der Waals surface area contributed by atoms with Gasteiger partial charge in [-0.1, -0.05) is 23.7 Å². The average Bonchev–Trinajstić information content (AvgIpc) is 2.90. The van der Waals surface area contributed by atoms with Gasteiger partial charge in [0.25, 0.3) is 0 Å². The van der Waals surface area contributed by atoms with Crippen LogP contribution in [0.3, 0.4) is 0 Å². The van der Waals surface area contributed by atoms with Crippen LogP contribution < -0.4 is 4.74 Å². The molecule has 2 unspecified atom stereocenters. The minimum absolute atomic E-state index is 0.0278. The van der Waals surface area contributed by atoms with Gasteiger partial charge in [-0.3, -0.25) is 4.98 Å². The number of aromatic nitrogens is 1. The van der Waals surface area contributed by atoms with Crippen molar-refractivity contribution in [1.82, 2.24) is 4.98 Å². The highest BCUT2D eigenvalue weighted by molar-refractivity contribution is 6.31. The summed E-state index contributed by atoms with van der Waals surface area (Å²) >= 11 is 6.25. The van der Waals surface area contributed by atoms with Gasteiger partial charge in [0.05, 0.1) is 18.2 Å². The van der Waals surface area contributed by atoms with Crippen LogP contribution in [0.25, 0.3) is 0 Å². The summed E-state index contributed by atoms with van der Waals surface area (Å²) in [6.45, 7) is 0. The molecule has 3 rings (SSSR count). The molecule has 0 saturated heterocycles. The van der Waals surface area contributed by atoms with Crippen LogP contribution in [0.4, 0.5) is 0 Å². The molecule has 0 fully saturated rings. The number of hydrogen-bond donors (Lipinski definition) is 1. The molecule has 0 saturated carbocycles. The summed E-state index contributed by atoms with van der Waals surface area (Å²) in [5.74, 6) is 0.592. The Balaban J connectivity index is 2.01. The van der Waals surface area contributed by atoms with Crippen molar-refractivity contribution in [2.75, 3.05) is 7.11 Å². The molecular formula is C16H16ClNO2. The molecule has 1 heterocycles. The van der Waals surface area contributed by atoms with Crippen LogP contribution in [0, 0.1) is 0 Å². The highest BCUT2D eigenvalue weighted by Gasteiger charge is 2.33.